The molecule has 3 saturated carbocycles. The van der Waals surface area contributed by atoms with Gasteiger partial charge in [-0.2, -0.15) is 0 Å². The Bertz CT molecular complexity index is 261. The van der Waals surface area contributed by atoms with Crippen LogP contribution in [0, 0.1) is 0 Å². The van der Waals surface area contributed by atoms with Gasteiger partial charge in [0.25, 0.3) is 0 Å². The Balaban J connectivity index is 1.70. The maximum absolute atomic E-state index is 6.30. The summed E-state index contributed by atoms with van der Waals surface area (Å²) in [5, 5.41) is 0. The smallest absolute Gasteiger partial charge is 0.0116 e. The van der Waals surface area contributed by atoms with Crippen LogP contribution in [0.25, 0.3) is 0 Å². The standard InChI is InChI=1S/C18H34N2/c19-15-8-7-13-18(14-15)20(16-9-3-1-4-10-16)17-11-5-2-6-12-17/h15-18H,1-14,19H2. The summed E-state index contributed by atoms with van der Waals surface area (Å²) in [7, 11) is 0. The Morgan fingerprint density at radius 2 is 1.05 bits per heavy atom. The molecule has 2 unspecified atom stereocenters. The van der Waals surface area contributed by atoms with Crippen molar-refractivity contribution in [2.75, 3.05) is 0 Å². The predicted molar refractivity (Wildman–Crippen MR) is 85.8 cm³/mol. The minimum Gasteiger partial charge on any atom is -0.328 e. The molecule has 0 radical (unpaired) electrons. The molecule has 0 aromatic heterocycles. The molecule has 0 amide bonds. The van der Waals surface area contributed by atoms with E-state index in [-0.39, 0.29) is 0 Å². The molecule has 0 saturated heterocycles. The molecule has 0 spiro atoms. The Morgan fingerprint density at radius 3 is 1.55 bits per heavy atom. The molecule has 0 bridgehead atoms. The normalized spacial score (nSPS) is 34.5. The molecule has 0 aliphatic heterocycles. The summed E-state index contributed by atoms with van der Waals surface area (Å²) in [5.74, 6) is 0. The zero-order valence-electron chi connectivity index (χ0n) is 13.2. The Hall–Kier alpha value is -0.0800. The Kier molecular flexibility index (Phi) is 5.39. The number of hydrogen-bond acceptors (Lipinski definition) is 2. The highest BCUT2D eigenvalue weighted by Gasteiger charge is 2.35. The summed E-state index contributed by atoms with van der Waals surface area (Å²) in [6.45, 7) is 0. The first-order valence-electron chi connectivity index (χ1n) is 9.37. The van der Waals surface area contributed by atoms with Gasteiger partial charge < -0.3 is 5.73 Å². The molecule has 20 heavy (non-hydrogen) atoms. The van der Waals surface area contributed by atoms with Crippen molar-refractivity contribution in [3.63, 3.8) is 0 Å². The van der Waals surface area contributed by atoms with E-state index >= 15 is 0 Å². The van der Waals surface area contributed by atoms with Crippen LogP contribution in [0.2, 0.25) is 0 Å². The summed E-state index contributed by atoms with van der Waals surface area (Å²) in [6.07, 6.45) is 20.0. The zero-order valence-corrected chi connectivity index (χ0v) is 13.2. The fourth-order valence-electron chi connectivity index (χ4n) is 5.12. The van der Waals surface area contributed by atoms with E-state index in [0.717, 1.165) is 18.1 Å². The molecule has 0 aromatic carbocycles. The molecule has 3 aliphatic rings. The van der Waals surface area contributed by atoms with Gasteiger partial charge in [0, 0.05) is 24.2 Å². The zero-order chi connectivity index (χ0) is 13.8. The van der Waals surface area contributed by atoms with Crippen molar-refractivity contribution in [3.05, 3.63) is 0 Å². The molecule has 0 aromatic rings. The van der Waals surface area contributed by atoms with Crippen LogP contribution in [-0.2, 0) is 0 Å². The van der Waals surface area contributed by atoms with Gasteiger partial charge in [-0.3, -0.25) is 4.90 Å². The molecule has 2 heteroatoms. The maximum Gasteiger partial charge on any atom is 0.0116 e. The van der Waals surface area contributed by atoms with Gasteiger partial charge in [-0.25, -0.2) is 0 Å². The first-order chi connectivity index (χ1) is 9.84. The maximum atomic E-state index is 6.30. The molecule has 2 atom stereocenters. The molecule has 116 valence electrons. The summed E-state index contributed by atoms with van der Waals surface area (Å²) in [6, 6.07) is 3.07. The van der Waals surface area contributed by atoms with Crippen LogP contribution < -0.4 is 5.73 Å². The van der Waals surface area contributed by atoms with Gasteiger partial charge in [-0.15, -0.1) is 0 Å². The van der Waals surface area contributed by atoms with Gasteiger partial charge in [0.05, 0.1) is 0 Å². The first kappa shape index (κ1) is 14.8. The highest BCUT2D eigenvalue weighted by molar-refractivity contribution is 4.91. The molecular formula is C18H34N2. The molecule has 3 rings (SSSR count). The van der Waals surface area contributed by atoms with Gasteiger partial charge in [0.1, 0.15) is 0 Å². The first-order valence-corrected chi connectivity index (χ1v) is 9.37. The van der Waals surface area contributed by atoms with Crippen molar-refractivity contribution in [2.45, 2.75) is 114 Å². The third kappa shape index (κ3) is 3.57. The van der Waals surface area contributed by atoms with E-state index in [9.17, 15) is 0 Å². The molecular weight excluding hydrogens is 244 g/mol. The molecule has 0 heterocycles. The second-order valence-electron chi connectivity index (χ2n) is 7.61. The largest absolute Gasteiger partial charge is 0.328 e. The Morgan fingerprint density at radius 1 is 0.550 bits per heavy atom. The third-order valence-electron chi connectivity index (χ3n) is 6.10. The lowest BCUT2D eigenvalue weighted by Crippen LogP contribution is -2.53. The second-order valence-corrected chi connectivity index (χ2v) is 7.61. The number of hydrogen-bond donors (Lipinski definition) is 1. The summed E-state index contributed by atoms with van der Waals surface area (Å²) in [4.78, 5) is 3.01. The predicted octanol–water partition coefficient (Wildman–Crippen LogP) is 4.22. The number of rotatable bonds is 3. The third-order valence-corrected chi connectivity index (χ3v) is 6.10. The van der Waals surface area contributed by atoms with Crippen LogP contribution in [-0.4, -0.2) is 29.1 Å². The average molecular weight is 278 g/mol. The lowest BCUT2D eigenvalue weighted by molar-refractivity contribution is 0.0190. The highest BCUT2D eigenvalue weighted by Crippen LogP contribution is 2.35. The van der Waals surface area contributed by atoms with Crippen LogP contribution >= 0.6 is 0 Å². The molecule has 2 N–H and O–H groups in total. The van der Waals surface area contributed by atoms with Crippen molar-refractivity contribution in [1.29, 1.82) is 0 Å². The summed E-state index contributed by atoms with van der Waals surface area (Å²) < 4.78 is 0. The van der Waals surface area contributed by atoms with E-state index in [0.29, 0.717) is 6.04 Å². The molecule has 3 aliphatic carbocycles. The van der Waals surface area contributed by atoms with E-state index in [2.05, 4.69) is 4.90 Å². The van der Waals surface area contributed by atoms with E-state index in [1.807, 2.05) is 0 Å². The van der Waals surface area contributed by atoms with E-state index in [4.69, 9.17) is 5.73 Å². The number of nitrogens with zero attached hydrogens (tertiary/aromatic N) is 1. The lowest BCUT2D eigenvalue weighted by atomic mass is 9.83. The fourth-order valence-corrected chi connectivity index (χ4v) is 5.12. The van der Waals surface area contributed by atoms with Crippen molar-refractivity contribution < 1.29 is 0 Å². The van der Waals surface area contributed by atoms with E-state index in [1.165, 1.54) is 89.9 Å². The van der Waals surface area contributed by atoms with Crippen LogP contribution in [0.5, 0.6) is 0 Å². The van der Waals surface area contributed by atoms with Gasteiger partial charge in [-0.05, 0) is 44.9 Å². The summed E-state index contributed by atoms with van der Waals surface area (Å²) in [5.41, 5.74) is 6.30. The van der Waals surface area contributed by atoms with Crippen LogP contribution in [0.3, 0.4) is 0 Å². The van der Waals surface area contributed by atoms with Gasteiger partial charge >= 0.3 is 0 Å². The second kappa shape index (κ2) is 7.26. The van der Waals surface area contributed by atoms with Crippen LogP contribution in [0.15, 0.2) is 0 Å². The van der Waals surface area contributed by atoms with Gasteiger partial charge in [0.2, 0.25) is 0 Å². The average Bonchev–Trinajstić information content (AvgIpc) is 2.50. The monoisotopic (exact) mass is 278 g/mol. The highest BCUT2D eigenvalue weighted by atomic mass is 15.2. The topological polar surface area (TPSA) is 29.3 Å². The quantitative estimate of drug-likeness (QED) is 0.837. The van der Waals surface area contributed by atoms with Gasteiger partial charge in [0.15, 0.2) is 0 Å². The summed E-state index contributed by atoms with van der Waals surface area (Å²) >= 11 is 0. The van der Waals surface area contributed by atoms with Crippen molar-refractivity contribution in [3.8, 4) is 0 Å². The van der Waals surface area contributed by atoms with Crippen LogP contribution in [0.1, 0.15) is 89.9 Å². The fraction of sp³-hybridized carbons (Fsp3) is 1.00. The Labute approximate surface area is 125 Å². The van der Waals surface area contributed by atoms with E-state index in [1.54, 1.807) is 0 Å². The number of nitrogens with two attached hydrogens (primary N) is 1. The molecule has 2 nitrogen and oxygen atoms in total. The van der Waals surface area contributed by atoms with Crippen LogP contribution in [0.4, 0.5) is 0 Å². The lowest BCUT2D eigenvalue weighted by Gasteiger charge is -2.48. The SMILES string of the molecule is NC1CCCC(N(C2CCCCC2)C2CCCCC2)C1. The minimum atomic E-state index is 0.475. The van der Waals surface area contributed by atoms with E-state index < -0.39 is 0 Å². The molecule has 3 fully saturated rings. The van der Waals surface area contributed by atoms with Crippen molar-refractivity contribution in [2.24, 2.45) is 5.73 Å². The minimum absolute atomic E-state index is 0.475. The van der Waals surface area contributed by atoms with Gasteiger partial charge in [-0.1, -0.05) is 44.9 Å². The van der Waals surface area contributed by atoms with Crippen molar-refractivity contribution in [1.82, 2.24) is 4.90 Å². The van der Waals surface area contributed by atoms with Crippen molar-refractivity contribution >= 4 is 0 Å².